The van der Waals surface area contributed by atoms with Gasteiger partial charge in [-0.05, 0) is 32.1 Å². The number of hydrogen-bond acceptors (Lipinski definition) is 3. The molecule has 0 fully saturated rings. The van der Waals surface area contributed by atoms with Gasteiger partial charge in [0.15, 0.2) is 0 Å². The van der Waals surface area contributed by atoms with Crippen molar-refractivity contribution in [2.75, 3.05) is 24.2 Å². The van der Waals surface area contributed by atoms with Crippen LogP contribution in [0.25, 0.3) is 0 Å². The van der Waals surface area contributed by atoms with Crippen LogP contribution in [0.15, 0.2) is 0 Å². The topological polar surface area (TPSA) is 55.4 Å². The molecule has 110 valence electrons. The van der Waals surface area contributed by atoms with Crippen LogP contribution in [0.5, 0.6) is 0 Å². The molecular weight excluding hydrogens is 318 g/mol. The van der Waals surface area contributed by atoms with Crippen molar-refractivity contribution in [1.82, 2.24) is 4.72 Å². The lowest BCUT2D eigenvalue weighted by atomic mass is 9.85. The van der Waals surface area contributed by atoms with Crippen molar-refractivity contribution in [3.05, 3.63) is 0 Å². The first kappa shape index (κ1) is 18.4. The molecule has 0 heterocycles. The summed E-state index contributed by atoms with van der Waals surface area (Å²) in [6.07, 6.45) is 1.95. The number of ether oxygens (including phenoxy) is 1. The molecule has 6 heteroatoms. The normalized spacial score (nSPS) is 13.2. The molecule has 0 atom stereocenters. The van der Waals surface area contributed by atoms with Crippen LogP contribution in [0.3, 0.4) is 0 Å². The van der Waals surface area contributed by atoms with Crippen molar-refractivity contribution >= 4 is 26.0 Å². The summed E-state index contributed by atoms with van der Waals surface area (Å²) < 4.78 is 31.5. The van der Waals surface area contributed by atoms with Crippen LogP contribution in [0.1, 0.15) is 40.5 Å². The minimum atomic E-state index is -3.24. The quantitative estimate of drug-likeness (QED) is 0.620. The molecule has 0 aromatic heterocycles. The van der Waals surface area contributed by atoms with Crippen molar-refractivity contribution in [3.8, 4) is 0 Å². The minimum Gasteiger partial charge on any atom is -0.378 e. The van der Waals surface area contributed by atoms with Gasteiger partial charge in [-0.3, -0.25) is 0 Å². The van der Waals surface area contributed by atoms with E-state index in [2.05, 4.69) is 34.5 Å². The van der Waals surface area contributed by atoms with Crippen LogP contribution in [0.4, 0.5) is 0 Å². The fraction of sp³-hybridized carbons (Fsp3) is 1.00. The zero-order valence-corrected chi connectivity index (χ0v) is 14.2. The highest BCUT2D eigenvalue weighted by Gasteiger charge is 2.26. The summed E-state index contributed by atoms with van der Waals surface area (Å²) in [5.41, 5.74) is 0.00593. The summed E-state index contributed by atoms with van der Waals surface area (Å²) in [7, 11) is -3.24. The fourth-order valence-electron chi connectivity index (χ4n) is 1.46. The molecule has 0 bridgehead atoms. The Kier molecular flexibility index (Phi) is 8.67. The standard InChI is InChI=1S/C12H26BrNO3S/c1-5-12(6-2,9-13)10-14-18(15,16)8-7-17-11(3)4/h11,14H,5-10H2,1-4H3. The lowest BCUT2D eigenvalue weighted by Gasteiger charge is -2.29. The van der Waals surface area contributed by atoms with Crippen molar-refractivity contribution < 1.29 is 13.2 Å². The third-order valence-corrected chi connectivity index (χ3v) is 5.73. The summed E-state index contributed by atoms with van der Waals surface area (Å²) in [4.78, 5) is 0. The molecule has 0 aliphatic carbocycles. The maximum atomic E-state index is 11.8. The molecule has 0 rings (SSSR count). The molecule has 1 N–H and O–H groups in total. The van der Waals surface area contributed by atoms with E-state index >= 15 is 0 Å². The van der Waals surface area contributed by atoms with E-state index in [0.29, 0.717) is 6.54 Å². The van der Waals surface area contributed by atoms with E-state index in [0.717, 1.165) is 18.2 Å². The van der Waals surface area contributed by atoms with E-state index in [1.807, 2.05) is 13.8 Å². The van der Waals surface area contributed by atoms with Gasteiger partial charge in [-0.25, -0.2) is 13.1 Å². The first-order valence-electron chi connectivity index (χ1n) is 6.45. The predicted octanol–water partition coefficient (Wildman–Crippen LogP) is 2.53. The Labute approximate surface area is 120 Å². The number of sulfonamides is 1. The molecule has 0 aliphatic rings. The molecule has 18 heavy (non-hydrogen) atoms. The van der Waals surface area contributed by atoms with Crippen LogP contribution in [0, 0.1) is 5.41 Å². The number of halogens is 1. The summed E-state index contributed by atoms with van der Waals surface area (Å²) in [5.74, 6) is 0.0248. The number of nitrogens with one attached hydrogen (secondary N) is 1. The monoisotopic (exact) mass is 343 g/mol. The van der Waals surface area contributed by atoms with E-state index < -0.39 is 10.0 Å². The second-order valence-corrected chi connectivity index (χ2v) is 7.39. The van der Waals surface area contributed by atoms with Crippen LogP contribution in [-0.4, -0.2) is 38.8 Å². The first-order valence-corrected chi connectivity index (χ1v) is 9.23. The molecule has 0 aliphatic heterocycles. The van der Waals surface area contributed by atoms with Gasteiger partial charge in [-0.15, -0.1) is 0 Å². The Hall–Kier alpha value is 0.350. The van der Waals surface area contributed by atoms with Gasteiger partial charge in [0.25, 0.3) is 0 Å². The van der Waals surface area contributed by atoms with Crippen molar-refractivity contribution in [3.63, 3.8) is 0 Å². The first-order chi connectivity index (χ1) is 8.31. The van der Waals surface area contributed by atoms with Gasteiger partial charge in [0, 0.05) is 11.9 Å². The lowest BCUT2D eigenvalue weighted by molar-refractivity contribution is 0.0911. The Morgan fingerprint density at radius 2 is 1.83 bits per heavy atom. The van der Waals surface area contributed by atoms with Crippen LogP contribution >= 0.6 is 15.9 Å². The van der Waals surface area contributed by atoms with Crippen molar-refractivity contribution in [2.24, 2.45) is 5.41 Å². The van der Waals surface area contributed by atoms with Crippen molar-refractivity contribution in [1.29, 1.82) is 0 Å². The Morgan fingerprint density at radius 3 is 2.22 bits per heavy atom. The highest BCUT2D eigenvalue weighted by molar-refractivity contribution is 9.09. The van der Waals surface area contributed by atoms with Crippen LogP contribution in [0.2, 0.25) is 0 Å². The average molecular weight is 344 g/mol. The third kappa shape index (κ3) is 7.07. The molecule has 0 radical (unpaired) electrons. The van der Waals surface area contributed by atoms with Gasteiger partial charge in [-0.2, -0.15) is 0 Å². The summed E-state index contributed by atoms with van der Waals surface area (Å²) in [6, 6.07) is 0. The molecule has 0 saturated carbocycles. The maximum absolute atomic E-state index is 11.8. The van der Waals surface area contributed by atoms with Crippen LogP contribution < -0.4 is 4.72 Å². The molecule has 0 spiro atoms. The second kappa shape index (κ2) is 8.51. The highest BCUT2D eigenvalue weighted by atomic mass is 79.9. The molecule has 4 nitrogen and oxygen atoms in total. The van der Waals surface area contributed by atoms with Gasteiger partial charge >= 0.3 is 0 Å². The lowest BCUT2D eigenvalue weighted by Crippen LogP contribution is -2.39. The Bertz CT molecular complexity index is 305. The number of hydrogen-bond donors (Lipinski definition) is 1. The van der Waals surface area contributed by atoms with E-state index in [1.54, 1.807) is 0 Å². The average Bonchev–Trinajstić information content (AvgIpc) is 2.31. The molecule has 0 amide bonds. The molecule has 0 aromatic rings. The van der Waals surface area contributed by atoms with Gasteiger partial charge in [0.2, 0.25) is 10.0 Å². The third-order valence-electron chi connectivity index (χ3n) is 3.25. The van der Waals surface area contributed by atoms with E-state index in [1.165, 1.54) is 0 Å². The SMILES string of the molecule is CCC(CC)(CBr)CNS(=O)(=O)CCOC(C)C. The Morgan fingerprint density at radius 1 is 1.28 bits per heavy atom. The molecule has 0 saturated heterocycles. The number of alkyl halides is 1. The smallest absolute Gasteiger partial charge is 0.213 e. The summed E-state index contributed by atoms with van der Waals surface area (Å²) >= 11 is 3.47. The van der Waals surface area contributed by atoms with Gasteiger partial charge in [0.05, 0.1) is 18.5 Å². The van der Waals surface area contributed by atoms with Crippen LogP contribution in [-0.2, 0) is 14.8 Å². The largest absolute Gasteiger partial charge is 0.378 e. The second-order valence-electron chi connectivity index (χ2n) is 4.90. The van der Waals surface area contributed by atoms with Gasteiger partial charge < -0.3 is 4.74 Å². The van der Waals surface area contributed by atoms with Crippen molar-refractivity contribution in [2.45, 2.75) is 46.6 Å². The molecule has 0 unspecified atom stereocenters. The summed E-state index contributed by atoms with van der Waals surface area (Å²) in [5, 5.41) is 0.804. The zero-order valence-electron chi connectivity index (χ0n) is 11.8. The van der Waals surface area contributed by atoms with Gasteiger partial charge in [0.1, 0.15) is 0 Å². The highest BCUT2D eigenvalue weighted by Crippen LogP contribution is 2.27. The fourth-order valence-corrected chi connectivity index (χ4v) is 3.44. The zero-order chi connectivity index (χ0) is 14.2. The summed E-state index contributed by atoms with van der Waals surface area (Å²) in [6.45, 7) is 8.68. The Balaban J connectivity index is 4.24. The predicted molar refractivity (Wildman–Crippen MR) is 79.7 cm³/mol. The van der Waals surface area contributed by atoms with E-state index in [9.17, 15) is 8.42 Å². The minimum absolute atomic E-state index is 0.00593. The van der Waals surface area contributed by atoms with E-state index in [-0.39, 0.29) is 23.9 Å². The molecule has 0 aromatic carbocycles. The van der Waals surface area contributed by atoms with Gasteiger partial charge in [-0.1, -0.05) is 29.8 Å². The maximum Gasteiger partial charge on any atom is 0.213 e. The molecular formula is C12H26BrNO3S. The number of rotatable bonds is 10. The van der Waals surface area contributed by atoms with E-state index in [4.69, 9.17) is 4.74 Å².